The van der Waals surface area contributed by atoms with Gasteiger partial charge in [0.2, 0.25) is 15.9 Å². The van der Waals surface area contributed by atoms with Crippen LogP contribution in [0.1, 0.15) is 18.1 Å². The lowest BCUT2D eigenvalue weighted by atomic mass is 9.95. The molecule has 3 N–H and O–H groups in total. The van der Waals surface area contributed by atoms with E-state index in [0.29, 0.717) is 24.3 Å². The normalized spacial score (nSPS) is 16.1. The number of hydrogen-bond acceptors (Lipinski definition) is 4. The molecule has 0 bridgehead atoms. The van der Waals surface area contributed by atoms with Crippen molar-refractivity contribution < 1.29 is 13.2 Å². The van der Waals surface area contributed by atoms with E-state index >= 15 is 0 Å². The highest BCUT2D eigenvalue weighted by Crippen LogP contribution is 2.19. The molecule has 1 unspecified atom stereocenters. The van der Waals surface area contributed by atoms with Gasteiger partial charge >= 0.3 is 0 Å². The monoisotopic (exact) mass is 395 g/mol. The van der Waals surface area contributed by atoms with Crippen molar-refractivity contribution in [2.45, 2.75) is 25.9 Å². The number of amides is 1. The molecule has 6 nitrogen and oxygen atoms in total. The van der Waals surface area contributed by atoms with Crippen molar-refractivity contribution >= 4 is 39.7 Å². The summed E-state index contributed by atoms with van der Waals surface area (Å²) in [4.78, 5) is 12.5. The van der Waals surface area contributed by atoms with Gasteiger partial charge in [0, 0.05) is 17.9 Å². The third-order valence-corrected chi connectivity index (χ3v) is 5.51. The zero-order chi connectivity index (χ0) is 17.9. The fraction of sp³-hybridized carbons (Fsp3) is 0.278. The first-order chi connectivity index (χ1) is 12.0. The molecule has 140 valence electrons. The molecule has 0 radical (unpaired) electrons. The largest absolute Gasteiger partial charge is 0.325 e. The van der Waals surface area contributed by atoms with Crippen LogP contribution in [-0.2, 0) is 27.8 Å². The average Bonchev–Trinajstić information content (AvgIpc) is 2.62. The lowest BCUT2D eigenvalue weighted by Crippen LogP contribution is -2.44. The van der Waals surface area contributed by atoms with Gasteiger partial charge in [-0.2, -0.15) is 0 Å². The molecule has 8 heteroatoms. The third kappa shape index (κ3) is 4.97. The molecule has 0 fully saturated rings. The number of nitrogens with one attached hydrogen (secondary N) is 3. The van der Waals surface area contributed by atoms with Crippen LogP contribution >= 0.6 is 12.4 Å². The summed E-state index contributed by atoms with van der Waals surface area (Å²) in [6.07, 6.45) is 0.649. The summed E-state index contributed by atoms with van der Waals surface area (Å²) < 4.78 is 25.6. The molecular formula is C18H22ClN3O3S. The summed E-state index contributed by atoms with van der Waals surface area (Å²) in [5, 5.41) is 6.11. The van der Waals surface area contributed by atoms with E-state index in [4.69, 9.17) is 0 Å². The van der Waals surface area contributed by atoms with Gasteiger partial charge in [0.25, 0.3) is 0 Å². The van der Waals surface area contributed by atoms with Gasteiger partial charge in [0.15, 0.2) is 0 Å². The molecule has 2 aromatic carbocycles. The van der Waals surface area contributed by atoms with Crippen molar-refractivity contribution in [3.63, 3.8) is 0 Å². The van der Waals surface area contributed by atoms with Crippen LogP contribution < -0.4 is 15.4 Å². The van der Waals surface area contributed by atoms with Crippen LogP contribution in [0, 0.1) is 0 Å². The minimum atomic E-state index is -3.30. The predicted octanol–water partition coefficient (Wildman–Crippen LogP) is 2.52. The molecule has 1 atom stereocenters. The Morgan fingerprint density at radius 1 is 1.08 bits per heavy atom. The second-order valence-corrected chi connectivity index (χ2v) is 7.99. The molecule has 0 saturated heterocycles. The molecule has 1 aliphatic rings. The maximum absolute atomic E-state index is 12.5. The van der Waals surface area contributed by atoms with Gasteiger partial charge in [-0.25, -0.2) is 8.42 Å². The van der Waals surface area contributed by atoms with Crippen LogP contribution in [0.15, 0.2) is 48.5 Å². The highest BCUT2D eigenvalue weighted by molar-refractivity contribution is 7.92. The SMILES string of the molecule is CCS(=O)(=O)Nc1ccc(NC(=O)C2Cc3ccccc3CN2)cc1.Cl. The first-order valence-electron chi connectivity index (χ1n) is 8.18. The van der Waals surface area contributed by atoms with Crippen molar-refractivity contribution in [1.29, 1.82) is 0 Å². The van der Waals surface area contributed by atoms with Gasteiger partial charge in [0.1, 0.15) is 0 Å². The number of rotatable bonds is 5. The Morgan fingerprint density at radius 3 is 2.35 bits per heavy atom. The smallest absolute Gasteiger partial charge is 0.241 e. The van der Waals surface area contributed by atoms with Crippen LogP contribution in [0.3, 0.4) is 0 Å². The maximum Gasteiger partial charge on any atom is 0.241 e. The van der Waals surface area contributed by atoms with Crippen LogP contribution in [0.5, 0.6) is 0 Å². The van der Waals surface area contributed by atoms with Gasteiger partial charge in [-0.1, -0.05) is 24.3 Å². The van der Waals surface area contributed by atoms with Crippen molar-refractivity contribution in [3.05, 3.63) is 59.7 Å². The molecule has 1 amide bonds. The lowest BCUT2D eigenvalue weighted by Gasteiger charge is -2.25. The number of benzene rings is 2. The number of fused-ring (bicyclic) bond motifs is 1. The zero-order valence-corrected chi connectivity index (χ0v) is 16.0. The Balaban J connectivity index is 0.00000243. The van der Waals surface area contributed by atoms with Gasteiger partial charge < -0.3 is 10.6 Å². The maximum atomic E-state index is 12.5. The number of halogens is 1. The first kappa shape index (κ1) is 20.2. The molecule has 2 aromatic rings. The van der Waals surface area contributed by atoms with Crippen molar-refractivity contribution in [2.24, 2.45) is 0 Å². The van der Waals surface area contributed by atoms with E-state index < -0.39 is 10.0 Å². The minimum absolute atomic E-state index is 0. The molecular weight excluding hydrogens is 374 g/mol. The second kappa shape index (κ2) is 8.53. The van der Waals surface area contributed by atoms with Gasteiger partial charge in [0.05, 0.1) is 11.8 Å². The molecule has 0 aliphatic carbocycles. The van der Waals surface area contributed by atoms with E-state index in [2.05, 4.69) is 21.4 Å². The summed E-state index contributed by atoms with van der Waals surface area (Å²) in [5.41, 5.74) is 3.51. The number of carbonyl (C=O) groups excluding carboxylic acids is 1. The Morgan fingerprint density at radius 2 is 1.69 bits per heavy atom. The van der Waals surface area contributed by atoms with Crippen LogP contribution in [0.4, 0.5) is 11.4 Å². The summed E-state index contributed by atoms with van der Waals surface area (Å²) >= 11 is 0. The summed E-state index contributed by atoms with van der Waals surface area (Å²) in [6, 6.07) is 14.4. The number of hydrogen-bond donors (Lipinski definition) is 3. The fourth-order valence-corrected chi connectivity index (χ4v) is 3.38. The predicted molar refractivity (Wildman–Crippen MR) is 106 cm³/mol. The van der Waals surface area contributed by atoms with Crippen LogP contribution in [0.25, 0.3) is 0 Å². The number of carbonyl (C=O) groups is 1. The van der Waals surface area contributed by atoms with E-state index in [-0.39, 0.29) is 30.1 Å². The third-order valence-electron chi connectivity index (χ3n) is 4.20. The van der Waals surface area contributed by atoms with E-state index in [1.165, 1.54) is 11.1 Å². The highest BCUT2D eigenvalue weighted by atomic mass is 35.5. The number of sulfonamides is 1. The summed E-state index contributed by atoms with van der Waals surface area (Å²) in [6.45, 7) is 2.25. The Labute approximate surface area is 159 Å². The van der Waals surface area contributed by atoms with Crippen LogP contribution in [0.2, 0.25) is 0 Å². The number of anilines is 2. The minimum Gasteiger partial charge on any atom is -0.325 e. The van der Waals surface area contributed by atoms with Crippen molar-refractivity contribution in [1.82, 2.24) is 5.32 Å². The topological polar surface area (TPSA) is 87.3 Å². The molecule has 0 aromatic heterocycles. The van der Waals surface area contributed by atoms with Gasteiger partial charge in [-0.15, -0.1) is 12.4 Å². The summed E-state index contributed by atoms with van der Waals surface area (Å²) in [5.74, 6) is -0.0864. The molecule has 0 spiro atoms. The fourth-order valence-electron chi connectivity index (χ4n) is 2.74. The molecule has 26 heavy (non-hydrogen) atoms. The van der Waals surface area contributed by atoms with E-state index in [1.807, 2.05) is 18.2 Å². The van der Waals surface area contributed by atoms with Crippen molar-refractivity contribution in [3.8, 4) is 0 Å². The highest BCUT2D eigenvalue weighted by Gasteiger charge is 2.23. The quantitative estimate of drug-likeness (QED) is 0.726. The Bertz CT molecular complexity index is 870. The summed E-state index contributed by atoms with van der Waals surface area (Å²) in [7, 11) is -3.30. The standard InChI is InChI=1S/C18H21N3O3S.ClH/c1-2-25(23,24)21-16-9-7-15(8-10-16)20-18(22)17-11-13-5-3-4-6-14(13)12-19-17;/h3-10,17,19,21H,2,11-12H2,1H3,(H,20,22);1H. The van der Waals surface area contributed by atoms with E-state index in [9.17, 15) is 13.2 Å². The lowest BCUT2D eigenvalue weighted by molar-refractivity contribution is -0.118. The Kier molecular flexibility index (Phi) is 6.63. The molecule has 3 rings (SSSR count). The van der Waals surface area contributed by atoms with E-state index in [1.54, 1.807) is 31.2 Å². The first-order valence-corrected chi connectivity index (χ1v) is 9.83. The molecule has 1 aliphatic heterocycles. The van der Waals surface area contributed by atoms with Crippen LogP contribution in [-0.4, -0.2) is 26.1 Å². The van der Waals surface area contributed by atoms with Gasteiger partial charge in [-0.3, -0.25) is 9.52 Å². The Hall–Kier alpha value is -2.09. The molecule has 0 saturated carbocycles. The van der Waals surface area contributed by atoms with E-state index in [0.717, 1.165) is 0 Å². The molecule has 1 heterocycles. The van der Waals surface area contributed by atoms with Gasteiger partial charge in [-0.05, 0) is 48.7 Å². The second-order valence-electron chi connectivity index (χ2n) is 5.98. The zero-order valence-electron chi connectivity index (χ0n) is 14.4. The van der Waals surface area contributed by atoms with Crippen molar-refractivity contribution in [2.75, 3.05) is 15.8 Å². The average molecular weight is 396 g/mol.